The number of carboxylic acids is 1. The van der Waals surface area contributed by atoms with Gasteiger partial charge in [0, 0.05) is 22.1 Å². The second kappa shape index (κ2) is 13.4. The second-order valence-electron chi connectivity index (χ2n) is 11.0. The molecule has 3 heterocycles. The molecule has 46 heavy (non-hydrogen) atoms. The number of halogens is 1. The van der Waals surface area contributed by atoms with Crippen molar-refractivity contribution in [1.29, 1.82) is 0 Å². The monoisotopic (exact) mass is 767 g/mol. The van der Waals surface area contributed by atoms with Gasteiger partial charge in [-0.15, -0.1) is 23.1 Å². The number of anilines is 1. The lowest BCUT2D eigenvalue weighted by atomic mass is 9.77. The van der Waals surface area contributed by atoms with Gasteiger partial charge in [0.15, 0.2) is 10.8 Å². The summed E-state index contributed by atoms with van der Waals surface area (Å²) in [4.78, 5) is 49.9. The van der Waals surface area contributed by atoms with Crippen LogP contribution in [0.4, 0.5) is 5.13 Å². The van der Waals surface area contributed by atoms with Crippen LogP contribution in [0.15, 0.2) is 102 Å². The molecular formula is C33H30IN5O5S2. The van der Waals surface area contributed by atoms with E-state index >= 15 is 0 Å². The first-order valence-corrected chi connectivity index (χ1v) is 17.8. The Morgan fingerprint density at radius 1 is 1.04 bits per heavy atom. The zero-order valence-electron chi connectivity index (χ0n) is 24.6. The Labute approximate surface area is 287 Å². The molecule has 0 aliphatic carbocycles. The van der Waals surface area contributed by atoms with Crippen molar-refractivity contribution in [1.82, 2.24) is 15.2 Å². The first-order valence-electron chi connectivity index (χ1n) is 14.4. The van der Waals surface area contributed by atoms with Gasteiger partial charge in [-0.3, -0.25) is 14.4 Å². The lowest BCUT2D eigenvalue weighted by Gasteiger charge is -2.53. The number of carbonyl (C=O) groups is 3. The van der Waals surface area contributed by atoms with E-state index < -0.39 is 28.9 Å². The van der Waals surface area contributed by atoms with Crippen molar-refractivity contribution in [3.63, 3.8) is 0 Å². The van der Waals surface area contributed by atoms with Crippen molar-refractivity contribution >= 4 is 74.3 Å². The summed E-state index contributed by atoms with van der Waals surface area (Å²) in [6, 6.07) is 29.5. The Kier molecular flexibility index (Phi) is 9.34. The number of aliphatic carboxylic acids is 1. The normalized spacial score (nSPS) is 21.1. The molecule has 2 fully saturated rings. The van der Waals surface area contributed by atoms with Crippen molar-refractivity contribution in [3.8, 4) is 0 Å². The summed E-state index contributed by atoms with van der Waals surface area (Å²) < 4.78 is 0.381. The van der Waals surface area contributed by atoms with Gasteiger partial charge in [0.05, 0.1) is 0 Å². The van der Waals surface area contributed by atoms with Crippen LogP contribution in [0.25, 0.3) is 0 Å². The largest absolute Gasteiger partial charge is 0.481 e. The van der Waals surface area contributed by atoms with Crippen molar-refractivity contribution in [2.24, 2.45) is 10.6 Å². The average molecular weight is 768 g/mol. The van der Waals surface area contributed by atoms with Crippen LogP contribution in [-0.4, -0.2) is 73.7 Å². The zero-order chi connectivity index (χ0) is 32.3. The van der Waals surface area contributed by atoms with Crippen LogP contribution in [0, 0.1) is 5.41 Å². The molecule has 236 valence electrons. The molecule has 2 aliphatic rings. The van der Waals surface area contributed by atoms with E-state index in [1.54, 1.807) is 5.38 Å². The maximum absolute atomic E-state index is 13.6. The Balaban J connectivity index is 1.28. The molecule has 0 radical (unpaired) electrons. The number of nitrogens with zero attached hydrogens (tertiary/aromatic N) is 3. The number of fused-ring (bicyclic) bond motifs is 1. The minimum atomic E-state index is -1.01. The van der Waals surface area contributed by atoms with Crippen LogP contribution in [-0.2, 0) is 24.8 Å². The first-order chi connectivity index (χ1) is 22.3. The lowest BCUT2D eigenvalue weighted by Crippen LogP contribution is -2.74. The number of hydrogen-bond donors (Lipinski definition) is 3. The summed E-state index contributed by atoms with van der Waals surface area (Å²) in [5, 5.41) is 22.2. The number of benzene rings is 3. The van der Waals surface area contributed by atoms with Crippen LogP contribution in [0.3, 0.4) is 0 Å². The van der Waals surface area contributed by atoms with Crippen molar-refractivity contribution in [3.05, 3.63) is 119 Å². The SMILES string of the molecule is CON=C(C(=O)NC1C(=O)N2CC(CI)(C(=O)O)CS[C@H]12)c1csc(NC(c2ccccc2)(c2ccccc2)c2ccccc2)n1. The van der Waals surface area contributed by atoms with Crippen LogP contribution in [0.1, 0.15) is 22.4 Å². The fourth-order valence-corrected chi connectivity index (χ4v) is 9.28. The van der Waals surface area contributed by atoms with E-state index in [4.69, 9.17) is 9.82 Å². The standard InChI is InChI=1S/C33H30IN5O5S2/c1-44-38-25(27(40)36-26-28(41)39-19-32(18-34,30(42)43)20-46-29(26)39)24-17-45-31(35-24)37-33(21-11-5-2-6-12-21,22-13-7-3-8-14-22)23-15-9-4-10-16-23/h2-17,26,29H,18-20H2,1H3,(H,35,37)(H,36,40)(H,42,43)/t26?,29-,32?/m1/s1. The average Bonchev–Trinajstić information content (AvgIpc) is 3.57. The number of oxime groups is 1. The Hall–Kier alpha value is -3.95. The Morgan fingerprint density at radius 3 is 2.11 bits per heavy atom. The van der Waals surface area contributed by atoms with Crippen LogP contribution in [0.2, 0.25) is 0 Å². The predicted octanol–water partition coefficient (Wildman–Crippen LogP) is 4.80. The summed E-state index contributed by atoms with van der Waals surface area (Å²) in [7, 11) is 1.34. The molecule has 10 nitrogen and oxygen atoms in total. The number of alkyl halides is 1. The van der Waals surface area contributed by atoms with Gasteiger partial charge in [0.1, 0.15) is 35.2 Å². The Morgan fingerprint density at radius 2 is 1.61 bits per heavy atom. The highest BCUT2D eigenvalue weighted by molar-refractivity contribution is 14.1. The molecule has 3 N–H and O–H groups in total. The van der Waals surface area contributed by atoms with Crippen molar-refractivity contribution in [2.45, 2.75) is 17.0 Å². The molecule has 4 aromatic rings. The van der Waals surface area contributed by atoms with E-state index in [0.29, 0.717) is 15.3 Å². The molecule has 0 saturated carbocycles. The fourth-order valence-electron chi connectivity index (χ4n) is 5.78. The number of β-lactam (4-membered cyclic amide) rings is 1. The van der Waals surface area contributed by atoms with E-state index in [1.165, 1.54) is 35.1 Å². The van der Waals surface area contributed by atoms with Gasteiger partial charge < -0.3 is 25.5 Å². The van der Waals surface area contributed by atoms with Crippen LogP contribution < -0.4 is 10.6 Å². The molecule has 3 atom stereocenters. The van der Waals surface area contributed by atoms with Gasteiger partial charge in [-0.05, 0) is 16.7 Å². The minimum Gasteiger partial charge on any atom is -0.481 e. The van der Waals surface area contributed by atoms with E-state index in [0.717, 1.165) is 16.7 Å². The molecule has 2 aliphatic heterocycles. The highest BCUT2D eigenvalue weighted by Gasteiger charge is 2.57. The third kappa shape index (κ3) is 5.75. The van der Waals surface area contributed by atoms with Crippen molar-refractivity contribution < 1.29 is 24.3 Å². The fraction of sp³-hybridized carbons (Fsp3) is 0.242. The molecule has 2 unspecified atom stereocenters. The van der Waals surface area contributed by atoms with Gasteiger partial charge in [-0.25, -0.2) is 4.98 Å². The zero-order valence-corrected chi connectivity index (χ0v) is 28.4. The molecule has 1 aromatic heterocycles. The highest BCUT2D eigenvalue weighted by Crippen LogP contribution is 2.43. The summed E-state index contributed by atoms with van der Waals surface area (Å²) in [5.41, 5.74) is 1.39. The van der Waals surface area contributed by atoms with E-state index in [-0.39, 0.29) is 29.2 Å². The van der Waals surface area contributed by atoms with E-state index in [9.17, 15) is 19.5 Å². The number of thioether (sulfide) groups is 1. The van der Waals surface area contributed by atoms with Gasteiger partial charge >= 0.3 is 5.97 Å². The van der Waals surface area contributed by atoms with Crippen LogP contribution in [0.5, 0.6) is 0 Å². The molecule has 6 rings (SSSR count). The molecule has 0 bridgehead atoms. The predicted molar refractivity (Wildman–Crippen MR) is 187 cm³/mol. The van der Waals surface area contributed by atoms with E-state index in [1.807, 2.05) is 77.2 Å². The Bertz CT molecular complexity index is 1660. The maximum Gasteiger partial charge on any atom is 0.313 e. The third-order valence-corrected chi connectivity index (χ3v) is 12.0. The number of carbonyl (C=O) groups excluding carboxylic acids is 2. The lowest BCUT2D eigenvalue weighted by molar-refractivity contribution is -0.157. The van der Waals surface area contributed by atoms with Gasteiger partial charge in [0.25, 0.3) is 5.91 Å². The summed E-state index contributed by atoms with van der Waals surface area (Å²) in [5.74, 6) is -1.51. The number of hydrogen-bond acceptors (Lipinski definition) is 9. The number of carboxylic acid groups (broad SMARTS) is 1. The molecule has 2 amide bonds. The number of aromatic nitrogens is 1. The number of rotatable bonds is 11. The molecule has 2 saturated heterocycles. The molecule has 13 heteroatoms. The first kappa shape index (κ1) is 32.0. The summed E-state index contributed by atoms with van der Waals surface area (Å²) in [6.45, 7) is 0.111. The molecular weight excluding hydrogens is 737 g/mol. The highest BCUT2D eigenvalue weighted by atomic mass is 127. The molecule has 0 spiro atoms. The summed E-state index contributed by atoms with van der Waals surface area (Å²) >= 11 is 4.73. The van der Waals surface area contributed by atoms with Crippen LogP contribution >= 0.6 is 45.7 Å². The topological polar surface area (TPSA) is 133 Å². The number of nitrogens with one attached hydrogen (secondary N) is 2. The number of thiazole rings is 1. The second-order valence-corrected chi connectivity index (χ2v) is 13.7. The van der Waals surface area contributed by atoms with E-state index in [2.05, 4.69) is 52.2 Å². The minimum absolute atomic E-state index is 0.0734. The van der Waals surface area contributed by atoms with Gasteiger partial charge in [0.2, 0.25) is 5.91 Å². The summed E-state index contributed by atoms with van der Waals surface area (Å²) in [6.07, 6.45) is 0. The number of amides is 2. The van der Waals surface area contributed by atoms with Gasteiger partial charge in [-0.1, -0.05) is 119 Å². The van der Waals surface area contributed by atoms with Crippen molar-refractivity contribution in [2.75, 3.05) is 29.2 Å². The quantitative estimate of drug-likeness (QED) is 0.0496. The van der Waals surface area contributed by atoms with Gasteiger partial charge in [-0.2, -0.15) is 0 Å². The molecule has 3 aromatic carbocycles. The maximum atomic E-state index is 13.6. The smallest absolute Gasteiger partial charge is 0.313 e. The third-order valence-electron chi connectivity index (χ3n) is 8.20.